The van der Waals surface area contributed by atoms with E-state index in [2.05, 4.69) is 19.2 Å². The molecule has 0 radical (unpaired) electrons. The maximum Gasteiger partial charge on any atom is 0.220 e. The summed E-state index contributed by atoms with van der Waals surface area (Å²) >= 11 is 0. The molecule has 0 heterocycles. The standard InChI is InChI=1S/C43H85NO3/c1-3-5-7-9-11-13-15-17-18-19-20-21-22-23-24-25-27-29-31-33-35-37-39-43(47)44-41(40-45)42(46)38-36-34-32-30-28-26-16-14-12-10-8-6-4-2/h36,38,41-42,45-46H,3-35,37,39-40H2,1-2H3,(H,44,47)/t41-,42+/m0/s1. The molecule has 47 heavy (non-hydrogen) atoms. The van der Waals surface area contributed by atoms with E-state index >= 15 is 0 Å². The van der Waals surface area contributed by atoms with Gasteiger partial charge in [-0.2, -0.15) is 0 Å². The predicted octanol–water partition coefficient (Wildman–Crippen LogP) is 13.1. The Hall–Kier alpha value is -0.870. The van der Waals surface area contributed by atoms with Gasteiger partial charge in [0.2, 0.25) is 5.91 Å². The molecule has 0 aliphatic rings. The van der Waals surface area contributed by atoms with E-state index in [9.17, 15) is 15.0 Å². The van der Waals surface area contributed by atoms with Gasteiger partial charge >= 0.3 is 0 Å². The van der Waals surface area contributed by atoms with Crippen LogP contribution >= 0.6 is 0 Å². The van der Waals surface area contributed by atoms with Gasteiger partial charge in [0.05, 0.1) is 18.8 Å². The Balaban J connectivity index is 3.50. The van der Waals surface area contributed by atoms with Crippen LogP contribution in [-0.4, -0.2) is 34.9 Å². The Bertz CT molecular complexity index is 637. The summed E-state index contributed by atoms with van der Waals surface area (Å²) in [6.07, 6.45) is 48.9. The molecule has 0 bridgehead atoms. The number of aliphatic hydroxyl groups excluding tert-OH is 2. The summed E-state index contributed by atoms with van der Waals surface area (Å²) in [5.41, 5.74) is 0. The van der Waals surface area contributed by atoms with E-state index in [0.717, 1.165) is 25.7 Å². The van der Waals surface area contributed by atoms with Crippen molar-refractivity contribution < 1.29 is 15.0 Å². The van der Waals surface area contributed by atoms with Gasteiger partial charge < -0.3 is 15.5 Å². The fourth-order valence-electron chi connectivity index (χ4n) is 6.71. The number of nitrogens with one attached hydrogen (secondary N) is 1. The fraction of sp³-hybridized carbons (Fsp3) is 0.930. The van der Waals surface area contributed by atoms with Gasteiger partial charge in [0.15, 0.2) is 0 Å². The van der Waals surface area contributed by atoms with Crippen molar-refractivity contribution in [2.75, 3.05) is 6.61 Å². The van der Waals surface area contributed by atoms with Gasteiger partial charge in [0, 0.05) is 6.42 Å². The molecule has 0 aromatic heterocycles. The normalized spacial score (nSPS) is 13.0. The topological polar surface area (TPSA) is 69.6 Å². The molecule has 0 aliphatic carbocycles. The van der Waals surface area contributed by atoms with E-state index < -0.39 is 12.1 Å². The zero-order valence-corrected chi connectivity index (χ0v) is 32.1. The number of allylic oxidation sites excluding steroid dienone is 1. The Kier molecular flexibility index (Phi) is 38.8. The van der Waals surface area contributed by atoms with Crippen molar-refractivity contribution in [3.05, 3.63) is 12.2 Å². The number of aliphatic hydroxyl groups is 2. The number of unbranched alkanes of at least 4 members (excludes halogenated alkanes) is 32. The Morgan fingerprint density at radius 3 is 1.11 bits per heavy atom. The van der Waals surface area contributed by atoms with E-state index in [1.54, 1.807) is 6.08 Å². The second-order valence-electron chi connectivity index (χ2n) is 14.8. The van der Waals surface area contributed by atoms with Gasteiger partial charge in [-0.3, -0.25) is 4.79 Å². The molecule has 0 spiro atoms. The number of carbonyl (C=O) groups is 1. The first-order valence-electron chi connectivity index (χ1n) is 21.4. The highest BCUT2D eigenvalue weighted by molar-refractivity contribution is 5.76. The van der Waals surface area contributed by atoms with Crippen molar-refractivity contribution in [1.29, 1.82) is 0 Å². The van der Waals surface area contributed by atoms with Crippen LogP contribution in [0.25, 0.3) is 0 Å². The number of hydrogen-bond donors (Lipinski definition) is 3. The van der Waals surface area contributed by atoms with Gasteiger partial charge in [-0.05, 0) is 19.3 Å². The molecule has 2 atom stereocenters. The molecule has 4 nitrogen and oxygen atoms in total. The van der Waals surface area contributed by atoms with E-state index in [1.807, 2.05) is 6.08 Å². The minimum atomic E-state index is -0.832. The lowest BCUT2D eigenvalue weighted by Crippen LogP contribution is -2.45. The van der Waals surface area contributed by atoms with Crippen LogP contribution in [0.3, 0.4) is 0 Å². The van der Waals surface area contributed by atoms with E-state index in [4.69, 9.17) is 0 Å². The Morgan fingerprint density at radius 2 is 0.787 bits per heavy atom. The van der Waals surface area contributed by atoms with Crippen LogP contribution in [0.2, 0.25) is 0 Å². The summed E-state index contributed by atoms with van der Waals surface area (Å²) in [5, 5.41) is 23.0. The average molecular weight is 664 g/mol. The van der Waals surface area contributed by atoms with Crippen LogP contribution in [0, 0.1) is 0 Å². The van der Waals surface area contributed by atoms with E-state index in [1.165, 1.54) is 193 Å². The molecule has 0 rings (SSSR count). The second kappa shape index (κ2) is 39.6. The summed E-state index contributed by atoms with van der Waals surface area (Å²) in [6.45, 7) is 4.32. The summed E-state index contributed by atoms with van der Waals surface area (Å²) in [6, 6.07) is -0.615. The van der Waals surface area contributed by atoms with Gasteiger partial charge in [-0.1, -0.05) is 225 Å². The number of amides is 1. The molecule has 0 saturated heterocycles. The molecular weight excluding hydrogens is 578 g/mol. The molecule has 0 aromatic carbocycles. The lowest BCUT2D eigenvalue weighted by atomic mass is 10.0. The van der Waals surface area contributed by atoms with Gasteiger partial charge in [-0.15, -0.1) is 0 Å². The van der Waals surface area contributed by atoms with Crippen LogP contribution in [0.15, 0.2) is 12.2 Å². The SMILES string of the molecule is CCCCCCCCCCCCCC=C[C@@H](O)[C@H](CO)NC(=O)CCCCCCCCCCCCCCCCCCCCCCCC. The minimum Gasteiger partial charge on any atom is -0.394 e. The minimum absolute atomic E-state index is 0.0602. The third-order valence-electron chi connectivity index (χ3n) is 10.0. The van der Waals surface area contributed by atoms with Crippen LogP contribution in [0.1, 0.15) is 239 Å². The molecule has 0 aliphatic heterocycles. The lowest BCUT2D eigenvalue weighted by molar-refractivity contribution is -0.123. The second-order valence-corrected chi connectivity index (χ2v) is 14.8. The zero-order valence-electron chi connectivity index (χ0n) is 32.1. The highest BCUT2D eigenvalue weighted by Crippen LogP contribution is 2.16. The van der Waals surface area contributed by atoms with Crippen LogP contribution < -0.4 is 5.32 Å². The molecule has 0 saturated carbocycles. The third-order valence-corrected chi connectivity index (χ3v) is 10.0. The predicted molar refractivity (Wildman–Crippen MR) is 207 cm³/mol. The van der Waals surface area contributed by atoms with Crippen molar-refractivity contribution in [2.45, 2.75) is 251 Å². The van der Waals surface area contributed by atoms with Crippen molar-refractivity contribution >= 4 is 5.91 Å². The third kappa shape index (κ3) is 36.2. The maximum atomic E-state index is 12.4. The number of rotatable bonds is 39. The Labute approximate surface area is 295 Å². The first-order chi connectivity index (χ1) is 23.2. The van der Waals surface area contributed by atoms with Crippen LogP contribution in [0.4, 0.5) is 0 Å². The number of carbonyl (C=O) groups excluding carboxylic acids is 1. The zero-order chi connectivity index (χ0) is 34.3. The largest absolute Gasteiger partial charge is 0.394 e. The molecule has 3 N–H and O–H groups in total. The van der Waals surface area contributed by atoms with Crippen LogP contribution in [-0.2, 0) is 4.79 Å². The molecule has 0 unspecified atom stereocenters. The van der Waals surface area contributed by atoms with E-state index in [-0.39, 0.29) is 12.5 Å². The Morgan fingerprint density at radius 1 is 0.489 bits per heavy atom. The lowest BCUT2D eigenvalue weighted by Gasteiger charge is -2.20. The van der Waals surface area contributed by atoms with E-state index in [0.29, 0.717) is 6.42 Å². The summed E-state index contributed by atoms with van der Waals surface area (Å²) in [4.78, 5) is 12.4. The maximum absolute atomic E-state index is 12.4. The quantitative estimate of drug-likeness (QED) is 0.0453. The number of hydrogen-bond acceptors (Lipinski definition) is 3. The van der Waals surface area contributed by atoms with Gasteiger partial charge in [-0.25, -0.2) is 0 Å². The molecular formula is C43H85NO3. The van der Waals surface area contributed by atoms with Gasteiger partial charge in [0.25, 0.3) is 0 Å². The average Bonchev–Trinajstić information content (AvgIpc) is 3.07. The molecule has 1 amide bonds. The van der Waals surface area contributed by atoms with Crippen molar-refractivity contribution in [1.82, 2.24) is 5.32 Å². The highest BCUT2D eigenvalue weighted by Gasteiger charge is 2.17. The molecule has 0 fully saturated rings. The molecule has 280 valence electrons. The first-order valence-corrected chi connectivity index (χ1v) is 21.4. The van der Waals surface area contributed by atoms with Crippen molar-refractivity contribution in [3.63, 3.8) is 0 Å². The fourth-order valence-corrected chi connectivity index (χ4v) is 6.71. The molecule has 4 heteroatoms. The van der Waals surface area contributed by atoms with Gasteiger partial charge in [0.1, 0.15) is 0 Å². The van der Waals surface area contributed by atoms with Crippen molar-refractivity contribution in [3.8, 4) is 0 Å². The molecule has 0 aromatic rings. The monoisotopic (exact) mass is 664 g/mol. The summed E-state index contributed by atoms with van der Waals surface area (Å²) < 4.78 is 0. The highest BCUT2D eigenvalue weighted by atomic mass is 16.3. The van der Waals surface area contributed by atoms with Crippen molar-refractivity contribution in [2.24, 2.45) is 0 Å². The summed E-state index contributed by atoms with van der Waals surface area (Å²) in [5.74, 6) is -0.0602. The van der Waals surface area contributed by atoms with Crippen LogP contribution in [0.5, 0.6) is 0 Å². The smallest absolute Gasteiger partial charge is 0.220 e. The first kappa shape index (κ1) is 46.1. The summed E-state index contributed by atoms with van der Waals surface area (Å²) in [7, 11) is 0.